The van der Waals surface area contributed by atoms with Crippen LogP contribution in [0.25, 0.3) is 0 Å². The molecule has 0 radical (unpaired) electrons. The Labute approximate surface area is 155 Å². The Hall–Kier alpha value is -1.30. The number of amides is 2. The maximum atomic E-state index is 12.3. The third kappa shape index (κ3) is 4.87. The van der Waals surface area contributed by atoms with Crippen molar-refractivity contribution in [2.24, 2.45) is 0 Å². The lowest BCUT2D eigenvalue weighted by atomic mass is 9.80. The molecular weight excluding hydrogens is 338 g/mol. The van der Waals surface area contributed by atoms with Gasteiger partial charge in [0.1, 0.15) is 0 Å². The standard InChI is InChI=1S/C19H28ClN3O2/c20-17-7-3-2-6-16(17)14-21-18(24)22-15-19(8-4-1-5-9-19)23-10-12-25-13-11-23/h2-3,6-7H,1,4-5,8-15H2,(H2,21,22,24). The number of morpholine rings is 1. The lowest BCUT2D eigenvalue weighted by molar-refractivity contribution is -0.0357. The van der Waals surface area contributed by atoms with Crippen LogP contribution in [0.5, 0.6) is 0 Å². The summed E-state index contributed by atoms with van der Waals surface area (Å²) in [7, 11) is 0. The van der Waals surface area contributed by atoms with E-state index in [1.807, 2.05) is 24.3 Å². The number of carbonyl (C=O) groups is 1. The molecule has 0 aromatic heterocycles. The molecule has 1 saturated heterocycles. The van der Waals surface area contributed by atoms with Gasteiger partial charge in [-0.15, -0.1) is 0 Å². The van der Waals surface area contributed by atoms with E-state index >= 15 is 0 Å². The lowest BCUT2D eigenvalue weighted by Crippen LogP contribution is -2.60. The molecule has 0 spiro atoms. The Morgan fingerprint density at radius 3 is 2.56 bits per heavy atom. The molecule has 2 fully saturated rings. The molecule has 1 heterocycles. The molecule has 2 aliphatic rings. The molecule has 0 unspecified atom stereocenters. The minimum atomic E-state index is -0.127. The van der Waals surface area contributed by atoms with Crippen LogP contribution in [0.3, 0.4) is 0 Å². The Morgan fingerprint density at radius 1 is 1.12 bits per heavy atom. The van der Waals surface area contributed by atoms with E-state index in [0.29, 0.717) is 18.1 Å². The zero-order valence-corrected chi connectivity index (χ0v) is 15.5. The van der Waals surface area contributed by atoms with Crippen molar-refractivity contribution < 1.29 is 9.53 Å². The Morgan fingerprint density at radius 2 is 1.84 bits per heavy atom. The average molecular weight is 366 g/mol. The molecule has 0 atom stereocenters. The molecule has 5 nitrogen and oxygen atoms in total. The summed E-state index contributed by atoms with van der Waals surface area (Å²) in [6, 6.07) is 7.46. The molecule has 2 amide bonds. The van der Waals surface area contributed by atoms with E-state index in [1.165, 1.54) is 19.3 Å². The topological polar surface area (TPSA) is 53.6 Å². The first kappa shape index (κ1) is 18.5. The van der Waals surface area contributed by atoms with Gasteiger partial charge in [0.05, 0.1) is 13.2 Å². The number of urea groups is 1. The first-order valence-corrected chi connectivity index (χ1v) is 9.65. The van der Waals surface area contributed by atoms with Gasteiger partial charge >= 0.3 is 6.03 Å². The highest BCUT2D eigenvalue weighted by Crippen LogP contribution is 2.33. The van der Waals surface area contributed by atoms with E-state index in [0.717, 1.165) is 44.7 Å². The van der Waals surface area contributed by atoms with Crippen molar-refractivity contribution in [1.82, 2.24) is 15.5 Å². The van der Waals surface area contributed by atoms with Gasteiger partial charge in [-0.2, -0.15) is 0 Å². The zero-order chi connectivity index (χ0) is 17.5. The first-order valence-electron chi connectivity index (χ1n) is 9.28. The maximum absolute atomic E-state index is 12.3. The van der Waals surface area contributed by atoms with Crippen LogP contribution in [-0.2, 0) is 11.3 Å². The van der Waals surface area contributed by atoms with Crippen LogP contribution in [0, 0.1) is 0 Å². The van der Waals surface area contributed by atoms with Crippen molar-refractivity contribution in [2.45, 2.75) is 44.2 Å². The monoisotopic (exact) mass is 365 g/mol. The summed E-state index contributed by atoms with van der Waals surface area (Å²) in [5.41, 5.74) is 1.02. The summed E-state index contributed by atoms with van der Waals surface area (Å²) in [6.45, 7) is 4.64. The predicted molar refractivity (Wildman–Crippen MR) is 99.9 cm³/mol. The van der Waals surface area contributed by atoms with Crippen LogP contribution < -0.4 is 10.6 Å². The molecule has 1 saturated carbocycles. The van der Waals surface area contributed by atoms with Crippen LogP contribution in [0.15, 0.2) is 24.3 Å². The van der Waals surface area contributed by atoms with E-state index < -0.39 is 0 Å². The summed E-state index contributed by atoms with van der Waals surface area (Å²) >= 11 is 6.14. The van der Waals surface area contributed by atoms with Crippen LogP contribution in [0.4, 0.5) is 4.79 Å². The van der Waals surface area contributed by atoms with Gasteiger partial charge in [0.15, 0.2) is 0 Å². The quantitative estimate of drug-likeness (QED) is 0.842. The predicted octanol–water partition coefficient (Wildman–Crippen LogP) is 3.17. The van der Waals surface area contributed by atoms with Crippen LogP contribution in [0.1, 0.15) is 37.7 Å². The molecule has 2 N–H and O–H groups in total. The molecular formula is C19H28ClN3O2. The normalized spacial score (nSPS) is 20.8. The lowest BCUT2D eigenvalue weighted by Gasteiger charge is -2.48. The number of hydrogen-bond donors (Lipinski definition) is 2. The highest BCUT2D eigenvalue weighted by atomic mass is 35.5. The summed E-state index contributed by atoms with van der Waals surface area (Å²) < 4.78 is 5.51. The number of nitrogens with zero attached hydrogens (tertiary/aromatic N) is 1. The van der Waals surface area contributed by atoms with Crippen molar-refractivity contribution in [3.63, 3.8) is 0 Å². The van der Waals surface area contributed by atoms with Gasteiger partial charge in [-0.25, -0.2) is 4.79 Å². The number of nitrogens with one attached hydrogen (secondary N) is 2. The van der Waals surface area contributed by atoms with Gasteiger partial charge in [-0.05, 0) is 24.5 Å². The van der Waals surface area contributed by atoms with E-state index in [1.54, 1.807) is 0 Å². The number of benzene rings is 1. The summed E-state index contributed by atoms with van der Waals surface area (Å²) in [5.74, 6) is 0. The minimum absolute atomic E-state index is 0.0871. The largest absolute Gasteiger partial charge is 0.379 e. The second kappa shape index (κ2) is 8.88. The number of hydrogen-bond acceptors (Lipinski definition) is 3. The number of halogens is 1. The Balaban J connectivity index is 1.53. The molecule has 1 aromatic rings. The molecule has 6 heteroatoms. The molecule has 138 valence electrons. The van der Waals surface area contributed by atoms with Crippen molar-refractivity contribution in [2.75, 3.05) is 32.8 Å². The molecule has 1 aliphatic carbocycles. The fourth-order valence-electron chi connectivity index (χ4n) is 3.98. The third-order valence-corrected chi connectivity index (χ3v) is 5.81. The van der Waals surface area contributed by atoms with Gasteiger partial charge in [0, 0.05) is 36.7 Å². The molecule has 25 heavy (non-hydrogen) atoms. The van der Waals surface area contributed by atoms with Gasteiger partial charge in [0.2, 0.25) is 0 Å². The van der Waals surface area contributed by atoms with Gasteiger partial charge < -0.3 is 15.4 Å². The molecule has 3 rings (SSSR count). The zero-order valence-electron chi connectivity index (χ0n) is 14.7. The summed E-state index contributed by atoms with van der Waals surface area (Å²) in [6.07, 6.45) is 6.07. The summed E-state index contributed by atoms with van der Waals surface area (Å²) in [5, 5.41) is 6.71. The number of carbonyl (C=O) groups excluding carboxylic acids is 1. The third-order valence-electron chi connectivity index (χ3n) is 5.44. The van der Waals surface area contributed by atoms with Gasteiger partial charge in [-0.3, -0.25) is 4.90 Å². The van der Waals surface area contributed by atoms with Gasteiger partial charge in [-0.1, -0.05) is 49.1 Å². The van der Waals surface area contributed by atoms with Crippen molar-refractivity contribution in [3.05, 3.63) is 34.9 Å². The maximum Gasteiger partial charge on any atom is 0.315 e. The number of ether oxygens (including phenoxy) is 1. The van der Waals surface area contributed by atoms with E-state index in [-0.39, 0.29) is 11.6 Å². The second-order valence-electron chi connectivity index (χ2n) is 7.01. The highest BCUT2D eigenvalue weighted by molar-refractivity contribution is 6.31. The van der Waals surface area contributed by atoms with E-state index in [2.05, 4.69) is 15.5 Å². The Kier molecular flexibility index (Phi) is 6.57. The van der Waals surface area contributed by atoms with Crippen LogP contribution in [0.2, 0.25) is 5.02 Å². The fraction of sp³-hybridized carbons (Fsp3) is 0.632. The van der Waals surface area contributed by atoms with Crippen LogP contribution in [-0.4, -0.2) is 49.3 Å². The average Bonchev–Trinajstić information content (AvgIpc) is 2.67. The molecule has 1 aromatic carbocycles. The number of rotatable bonds is 5. The summed E-state index contributed by atoms with van der Waals surface area (Å²) in [4.78, 5) is 14.8. The fourth-order valence-corrected chi connectivity index (χ4v) is 4.18. The Bertz CT molecular complexity index is 570. The van der Waals surface area contributed by atoms with Crippen molar-refractivity contribution in [3.8, 4) is 0 Å². The highest BCUT2D eigenvalue weighted by Gasteiger charge is 2.38. The van der Waals surface area contributed by atoms with Crippen LogP contribution >= 0.6 is 11.6 Å². The minimum Gasteiger partial charge on any atom is -0.379 e. The van der Waals surface area contributed by atoms with E-state index in [4.69, 9.17) is 16.3 Å². The van der Waals surface area contributed by atoms with E-state index in [9.17, 15) is 4.79 Å². The first-order chi connectivity index (χ1) is 12.2. The van der Waals surface area contributed by atoms with Crippen molar-refractivity contribution >= 4 is 17.6 Å². The van der Waals surface area contributed by atoms with Crippen molar-refractivity contribution in [1.29, 1.82) is 0 Å². The smallest absolute Gasteiger partial charge is 0.315 e. The molecule has 0 bridgehead atoms. The SMILES string of the molecule is O=C(NCc1ccccc1Cl)NCC1(N2CCOCC2)CCCCC1. The van der Waals surface area contributed by atoms with Gasteiger partial charge in [0.25, 0.3) is 0 Å². The second-order valence-corrected chi connectivity index (χ2v) is 7.42. The molecule has 1 aliphatic heterocycles.